The number of aromatic nitrogens is 2. The van der Waals surface area contributed by atoms with Crippen LogP contribution in [0.25, 0.3) is 0 Å². The van der Waals surface area contributed by atoms with Gasteiger partial charge < -0.3 is 15.4 Å². The first-order chi connectivity index (χ1) is 7.66. The maximum absolute atomic E-state index is 12.8. The lowest BCUT2D eigenvalue weighted by molar-refractivity contribution is 0.226. The molecule has 1 aromatic rings. The van der Waals surface area contributed by atoms with E-state index in [0.29, 0.717) is 6.54 Å². The van der Waals surface area contributed by atoms with Crippen LogP contribution in [0.3, 0.4) is 0 Å². The molecule has 88 valence electrons. The number of H-pyrrole nitrogens is 1. The van der Waals surface area contributed by atoms with Gasteiger partial charge in [-0.3, -0.25) is 9.69 Å². The van der Waals surface area contributed by atoms with Gasteiger partial charge in [-0.05, 0) is 0 Å². The summed E-state index contributed by atoms with van der Waals surface area (Å²) in [5, 5.41) is 12.3. The molecule has 1 fully saturated rings. The summed E-state index contributed by atoms with van der Waals surface area (Å²) >= 11 is 0. The third-order valence-electron chi connectivity index (χ3n) is 2.48. The highest BCUT2D eigenvalue weighted by molar-refractivity contribution is 5.09. The second-order valence-corrected chi connectivity index (χ2v) is 3.68. The Kier molecular flexibility index (Phi) is 3.16. The summed E-state index contributed by atoms with van der Waals surface area (Å²) in [6.07, 6.45) is 0. The van der Waals surface area contributed by atoms with Gasteiger partial charge in [-0.25, -0.2) is 0 Å². The number of piperazine rings is 1. The molecule has 0 aliphatic carbocycles. The molecule has 3 N–H and O–H groups in total. The molecule has 1 aliphatic rings. The molecule has 0 atom stereocenters. The van der Waals surface area contributed by atoms with E-state index in [9.17, 15) is 9.18 Å². The maximum Gasteiger partial charge on any atom is 0.291 e. The summed E-state index contributed by atoms with van der Waals surface area (Å²) in [5.41, 5.74) is -0.933. The number of halogens is 1. The molecule has 6 nitrogen and oxygen atoms in total. The lowest BCUT2D eigenvalue weighted by Gasteiger charge is -2.26. The van der Waals surface area contributed by atoms with Gasteiger partial charge >= 0.3 is 0 Å². The molecule has 0 unspecified atom stereocenters. The monoisotopic (exact) mass is 228 g/mol. The fraction of sp³-hybridized carbons (Fsp3) is 0.556. The fourth-order valence-electron chi connectivity index (χ4n) is 1.65. The highest BCUT2D eigenvalue weighted by Crippen LogP contribution is 2.07. The third kappa shape index (κ3) is 2.37. The topological polar surface area (TPSA) is 81.2 Å². The van der Waals surface area contributed by atoms with Crippen LogP contribution in [0.4, 0.5) is 4.39 Å². The SMILES string of the molecule is O=c1[nH]c(CN2CCNCC2)nc(O)c1F. The van der Waals surface area contributed by atoms with Crippen molar-refractivity contribution in [3.05, 3.63) is 22.0 Å². The van der Waals surface area contributed by atoms with Gasteiger partial charge in [0.1, 0.15) is 5.82 Å². The molecular weight excluding hydrogens is 215 g/mol. The van der Waals surface area contributed by atoms with E-state index in [1.165, 1.54) is 0 Å². The Morgan fingerprint density at radius 1 is 1.44 bits per heavy atom. The van der Waals surface area contributed by atoms with Crippen molar-refractivity contribution < 1.29 is 9.50 Å². The van der Waals surface area contributed by atoms with Crippen LogP contribution >= 0.6 is 0 Å². The van der Waals surface area contributed by atoms with E-state index >= 15 is 0 Å². The molecule has 1 aromatic heterocycles. The molecule has 0 bridgehead atoms. The second kappa shape index (κ2) is 4.58. The Morgan fingerprint density at radius 3 is 2.75 bits per heavy atom. The smallest absolute Gasteiger partial charge is 0.291 e. The number of aromatic hydroxyl groups is 1. The van der Waals surface area contributed by atoms with Crippen LogP contribution in [0.1, 0.15) is 5.82 Å². The molecule has 1 saturated heterocycles. The van der Waals surface area contributed by atoms with Crippen LogP contribution in [0, 0.1) is 5.82 Å². The molecule has 0 amide bonds. The minimum absolute atomic E-state index is 0.283. The van der Waals surface area contributed by atoms with Crippen LogP contribution < -0.4 is 10.9 Å². The number of rotatable bonds is 2. The van der Waals surface area contributed by atoms with Gasteiger partial charge in [0.05, 0.1) is 6.54 Å². The van der Waals surface area contributed by atoms with Crippen LogP contribution in [0.2, 0.25) is 0 Å². The average molecular weight is 228 g/mol. The number of aromatic amines is 1. The van der Waals surface area contributed by atoms with Crippen molar-refractivity contribution >= 4 is 0 Å². The van der Waals surface area contributed by atoms with Crippen molar-refractivity contribution in [2.75, 3.05) is 26.2 Å². The maximum atomic E-state index is 12.8. The van der Waals surface area contributed by atoms with Gasteiger partial charge in [0, 0.05) is 26.2 Å². The van der Waals surface area contributed by atoms with Crippen molar-refractivity contribution in [3.63, 3.8) is 0 Å². The third-order valence-corrected chi connectivity index (χ3v) is 2.48. The van der Waals surface area contributed by atoms with Gasteiger partial charge in [-0.15, -0.1) is 0 Å². The Balaban J connectivity index is 2.12. The second-order valence-electron chi connectivity index (χ2n) is 3.68. The van der Waals surface area contributed by atoms with Crippen LogP contribution in [0.15, 0.2) is 4.79 Å². The normalized spacial score (nSPS) is 17.6. The van der Waals surface area contributed by atoms with E-state index < -0.39 is 17.3 Å². The van der Waals surface area contributed by atoms with Gasteiger partial charge in [0.25, 0.3) is 11.4 Å². The number of hydrogen-bond donors (Lipinski definition) is 3. The molecule has 0 spiro atoms. The Hall–Kier alpha value is -1.47. The lowest BCUT2D eigenvalue weighted by Crippen LogP contribution is -2.43. The van der Waals surface area contributed by atoms with E-state index in [2.05, 4.69) is 20.2 Å². The predicted molar refractivity (Wildman–Crippen MR) is 54.6 cm³/mol. The molecular formula is C9H13FN4O2. The Morgan fingerprint density at radius 2 is 2.12 bits per heavy atom. The zero-order chi connectivity index (χ0) is 11.5. The summed E-state index contributed by atoms with van der Waals surface area (Å²) in [6, 6.07) is 0. The molecule has 0 aromatic carbocycles. The van der Waals surface area contributed by atoms with Crippen LogP contribution in [0.5, 0.6) is 5.88 Å². The fourth-order valence-corrected chi connectivity index (χ4v) is 1.65. The quantitative estimate of drug-likeness (QED) is 0.606. The van der Waals surface area contributed by atoms with Crippen molar-refractivity contribution in [2.45, 2.75) is 6.54 Å². The Labute approximate surface area is 91.1 Å². The van der Waals surface area contributed by atoms with Gasteiger partial charge in [-0.2, -0.15) is 9.37 Å². The summed E-state index contributed by atoms with van der Waals surface area (Å²) in [7, 11) is 0. The van der Waals surface area contributed by atoms with Crippen molar-refractivity contribution in [1.29, 1.82) is 0 Å². The highest BCUT2D eigenvalue weighted by Gasteiger charge is 2.14. The van der Waals surface area contributed by atoms with Crippen molar-refractivity contribution in [3.8, 4) is 5.88 Å². The summed E-state index contributed by atoms with van der Waals surface area (Å²) in [4.78, 5) is 19.0. The molecule has 2 rings (SSSR count). The number of hydrogen-bond acceptors (Lipinski definition) is 5. The lowest BCUT2D eigenvalue weighted by atomic mass is 10.3. The summed E-state index contributed by atoms with van der Waals surface area (Å²) in [5.74, 6) is -1.79. The molecule has 7 heteroatoms. The van der Waals surface area contributed by atoms with Crippen molar-refractivity contribution in [1.82, 2.24) is 20.2 Å². The van der Waals surface area contributed by atoms with E-state index in [1.807, 2.05) is 0 Å². The first kappa shape index (κ1) is 11.0. The molecule has 1 aliphatic heterocycles. The average Bonchev–Trinajstić information content (AvgIpc) is 2.27. The molecule has 0 radical (unpaired) electrons. The molecule has 16 heavy (non-hydrogen) atoms. The number of nitrogens with zero attached hydrogens (tertiary/aromatic N) is 2. The first-order valence-electron chi connectivity index (χ1n) is 5.07. The minimum atomic E-state index is -1.23. The molecule has 0 saturated carbocycles. The zero-order valence-corrected chi connectivity index (χ0v) is 8.66. The first-order valence-corrected chi connectivity index (χ1v) is 5.07. The van der Waals surface area contributed by atoms with Gasteiger partial charge in [0.15, 0.2) is 0 Å². The van der Waals surface area contributed by atoms with E-state index in [0.717, 1.165) is 26.2 Å². The predicted octanol–water partition coefficient (Wildman–Crippen LogP) is -0.980. The van der Waals surface area contributed by atoms with Crippen molar-refractivity contribution in [2.24, 2.45) is 0 Å². The van der Waals surface area contributed by atoms with E-state index in [-0.39, 0.29) is 5.82 Å². The van der Waals surface area contributed by atoms with Gasteiger partial charge in [0.2, 0.25) is 5.82 Å². The highest BCUT2D eigenvalue weighted by atomic mass is 19.1. The summed E-state index contributed by atoms with van der Waals surface area (Å²) < 4.78 is 12.8. The van der Waals surface area contributed by atoms with Gasteiger partial charge in [-0.1, -0.05) is 0 Å². The van der Waals surface area contributed by atoms with Crippen LogP contribution in [-0.2, 0) is 6.54 Å². The minimum Gasteiger partial charge on any atom is -0.491 e. The Bertz CT molecular complexity index is 428. The van der Waals surface area contributed by atoms with E-state index in [4.69, 9.17) is 5.11 Å². The summed E-state index contributed by atoms with van der Waals surface area (Å²) in [6.45, 7) is 3.82. The van der Waals surface area contributed by atoms with E-state index in [1.54, 1.807) is 0 Å². The zero-order valence-electron chi connectivity index (χ0n) is 8.66. The molecule has 2 heterocycles. The van der Waals surface area contributed by atoms with Crippen LogP contribution in [-0.4, -0.2) is 46.2 Å². The largest absolute Gasteiger partial charge is 0.491 e. The number of nitrogens with one attached hydrogen (secondary N) is 2. The standard InChI is InChI=1S/C9H13FN4O2/c10-7-8(15)12-6(13-9(7)16)5-14-3-1-11-2-4-14/h11H,1-5H2,(H2,12,13,15,16).